The van der Waals surface area contributed by atoms with Crippen LogP contribution >= 0.6 is 23.2 Å². The van der Waals surface area contributed by atoms with Crippen molar-refractivity contribution in [2.45, 2.75) is 0 Å². The first-order chi connectivity index (χ1) is 11.5. The van der Waals surface area contributed by atoms with E-state index in [9.17, 15) is 4.79 Å². The number of hydrogen-bond acceptors (Lipinski definition) is 5. The lowest BCUT2D eigenvalue weighted by Crippen LogP contribution is -2.26. The van der Waals surface area contributed by atoms with Crippen molar-refractivity contribution in [1.29, 1.82) is 0 Å². The predicted octanol–water partition coefficient (Wildman–Crippen LogP) is 3.10. The van der Waals surface area contributed by atoms with Gasteiger partial charge in [0.2, 0.25) is 5.95 Å². The second-order valence-corrected chi connectivity index (χ2v) is 5.88. The Morgan fingerprint density at radius 2 is 1.54 bits per heavy atom. The van der Waals surface area contributed by atoms with E-state index < -0.39 is 5.69 Å². The molecule has 122 valence electrons. The molecular weight excluding hydrogens is 349 g/mol. The topological polar surface area (TPSA) is 85.8 Å². The lowest BCUT2D eigenvalue weighted by molar-refractivity contribution is 0.785. The van der Waals surface area contributed by atoms with Gasteiger partial charge in [-0.2, -0.15) is 9.97 Å². The van der Waals surface area contributed by atoms with Crippen molar-refractivity contribution in [2.24, 2.45) is 12.9 Å². The Morgan fingerprint density at radius 3 is 2.00 bits per heavy atom. The highest BCUT2D eigenvalue weighted by molar-refractivity contribution is 6.42. The van der Waals surface area contributed by atoms with Crippen molar-refractivity contribution in [1.82, 2.24) is 14.5 Å². The van der Waals surface area contributed by atoms with E-state index >= 15 is 0 Å². The third-order valence-corrected chi connectivity index (χ3v) is 4.28. The molecule has 0 radical (unpaired) electrons. The van der Waals surface area contributed by atoms with Gasteiger partial charge in [0.15, 0.2) is 0 Å². The maximum Gasteiger partial charge on any atom is 0.352 e. The van der Waals surface area contributed by atoms with E-state index in [4.69, 9.17) is 29.0 Å². The van der Waals surface area contributed by atoms with Crippen molar-refractivity contribution in [2.75, 3.05) is 5.43 Å². The molecule has 0 aliphatic heterocycles. The first kappa shape index (κ1) is 16.4. The summed E-state index contributed by atoms with van der Waals surface area (Å²) in [5.74, 6) is 5.63. The van der Waals surface area contributed by atoms with Crippen molar-refractivity contribution >= 4 is 29.2 Å². The molecule has 3 N–H and O–H groups in total. The standard InChI is InChI=1S/C10H9Cl2N5O.C6H4/c1-17-8(14-9(16-13)15-10(17)18)5-2-3-6(11)7(12)4-5;1-2-6-4-3-5(1)6/h2-4H,13H2,1H3,(H,15,16,18);1-4H. The molecule has 0 unspecified atom stereocenters. The molecule has 0 spiro atoms. The van der Waals surface area contributed by atoms with E-state index in [1.165, 1.54) is 15.7 Å². The van der Waals surface area contributed by atoms with Crippen LogP contribution in [0.5, 0.6) is 0 Å². The van der Waals surface area contributed by atoms with Gasteiger partial charge in [-0.15, -0.1) is 0 Å². The van der Waals surface area contributed by atoms with Crippen LogP contribution in [0.3, 0.4) is 0 Å². The summed E-state index contributed by atoms with van der Waals surface area (Å²) in [4.78, 5) is 19.3. The Labute approximate surface area is 147 Å². The minimum atomic E-state index is -0.473. The first-order valence-electron chi connectivity index (χ1n) is 6.97. The summed E-state index contributed by atoms with van der Waals surface area (Å²) < 4.78 is 1.29. The van der Waals surface area contributed by atoms with Crippen molar-refractivity contribution in [3.8, 4) is 22.5 Å². The van der Waals surface area contributed by atoms with E-state index in [1.54, 1.807) is 25.2 Å². The highest BCUT2D eigenvalue weighted by Crippen LogP contribution is 2.29. The number of nitrogens with one attached hydrogen (secondary N) is 1. The number of hydrazine groups is 1. The van der Waals surface area contributed by atoms with Gasteiger partial charge in [0, 0.05) is 12.6 Å². The summed E-state index contributed by atoms with van der Waals surface area (Å²) in [6.45, 7) is 0. The number of hydrogen-bond donors (Lipinski definition) is 2. The molecule has 0 saturated heterocycles. The minimum Gasteiger partial charge on any atom is -0.292 e. The van der Waals surface area contributed by atoms with E-state index in [0.29, 0.717) is 21.4 Å². The molecule has 24 heavy (non-hydrogen) atoms. The molecule has 0 atom stereocenters. The maximum atomic E-state index is 11.6. The molecule has 0 amide bonds. The molecule has 8 heteroatoms. The molecule has 0 fully saturated rings. The molecule has 0 bridgehead atoms. The van der Waals surface area contributed by atoms with Gasteiger partial charge in [-0.25, -0.2) is 10.6 Å². The Kier molecular flexibility index (Phi) is 4.53. The zero-order valence-corrected chi connectivity index (χ0v) is 14.1. The van der Waals surface area contributed by atoms with Gasteiger partial charge in [0.05, 0.1) is 10.0 Å². The predicted molar refractivity (Wildman–Crippen MR) is 96.0 cm³/mol. The van der Waals surface area contributed by atoms with Crippen LogP contribution in [0.1, 0.15) is 0 Å². The number of nitrogens with two attached hydrogens (primary N) is 1. The van der Waals surface area contributed by atoms with Gasteiger partial charge >= 0.3 is 5.69 Å². The van der Waals surface area contributed by atoms with Crippen LogP contribution in [0, 0.1) is 0 Å². The monoisotopic (exact) mass is 361 g/mol. The number of fused-ring (bicyclic) bond motifs is 1. The summed E-state index contributed by atoms with van der Waals surface area (Å²) in [7, 11) is 1.56. The summed E-state index contributed by atoms with van der Waals surface area (Å²) >= 11 is 11.8. The number of benzene rings is 2. The summed E-state index contributed by atoms with van der Waals surface area (Å²) in [5.41, 5.74) is 5.26. The fourth-order valence-electron chi connectivity index (χ4n) is 2.08. The zero-order valence-electron chi connectivity index (χ0n) is 12.6. The fourth-order valence-corrected chi connectivity index (χ4v) is 2.38. The van der Waals surface area contributed by atoms with Crippen molar-refractivity contribution < 1.29 is 0 Å². The van der Waals surface area contributed by atoms with E-state index in [1.807, 2.05) is 0 Å². The van der Waals surface area contributed by atoms with Crippen molar-refractivity contribution in [3.63, 3.8) is 0 Å². The van der Waals surface area contributed by atoms with E-state index in [2.05, 4.69) is 39.7 Å². The number of nitrogen functional groups attached to an aromatic ring is 1. The molecule has 2 aliphatic rings. The zero-order chi connectivity index (χ0) is 17.3. The van der Waals surface area contributed by atoms with Crippen LogP contribution in [-0.4, -0.2) is 14.5 Å². The molecular formula is C16H13Cl2N5O. The van der Waals surface area contributed by atoms with Crippen LogP contribution < -0.4 is 17.0 Å². The maximum absolute atomic E-state index is 11.6. The smallest absolute Gasteiger partial charge is 0.292 e. The number of aromatic nitrogens is 3. The van der Waals surface area contributed by atoms with Gasteiger partial charge in [-0.3, -0.25) is 9.99 Å². The Balaban J connectivity index is 0.000000231. The van der Waals surface area contributed by atoms with Gasteiger partial charge in [0.25, 0.3) is 0 Å². The average Bonchev–Trinajstić information content (AvgIpc) is 2.56. The Bertz CT molecular complexity index is 933. The quantitative estimate of drug-likeness (QED) is 0.423. The summed E-state index contributed by atoms with van der Waals surface area (Å²) in [6, 6.07) is 13.4. The Hall–Kier alpha value is -2.41. The molecule has 1 aromatic heterocycles. The van der Waals surface area contributed by atoms with Gasteiger partial charge in [-0.1, -0.05) is 47.5 Å². The Morgan fingerprint density at radius 1 is 0.958 bits per heavy atom. The number of nitrogens with zero attached hydrogens (tertiary/aromatic N) is 3. The van der Waals surface area contributed by atoms with E-state index in [0.717, 1.165) is 0 Å². The highest BCUT2D eigenvalue weighted by Gasteiger charge is 2.10. The average molecular weight is 362 g/mol. The molecule has 2 aromatic rings. The van der Waals surface area contributed by atoms with Crippen LogP contribution in [0.25, 0.3) is 22.5 Å². The number of halogens is 2. The van der Waals surface area contributed by atoms with Gasteiger partial charge < -0.3 is 0 Å². The highest BCUT2D eigenvalue weighted by atomic mass is 35.5. The minimum absolute atomic E-state index is 0.0409. The molecule has 0 saturated carbocycles. The molecule has 2 aliphatic carbocycles. The summed E-state index contributed by atoms with van der Waals surface area (Å²) in [5, 5.41) is 0.805. The van der Waals surface area contributed by atoms with Gasteiger partial charge in [-0.05, 0) is 29.3 Å². The molecule has 4 rings (SSSR count). The third kappa shape index (κ3) is 3.12. The lowest BCUT2D eigenvalue weighted by atomic mass is 9.95. The fraction of sp³-hybridized carbons (Fsp3) is 0.0625. The van der Waals surface area contributed by atoms with Crippen LogP contribution in [0.2, 0.25) is 10.0 Å². The SMILES string of the molecule is Cn1c(-c2ccc(Cl)c(Cl)c2)nc(NN)nc1=O.c1cc2ccc1-2. The molecule has 6 nitrogen and oxygen atoms in total. The largest absolute Gasteiger partial charge is 0.352 e. The summed E-state index contributed by atoms with van der Waals surface area (Å²) in [6.07, 6.45) is 0. The van der Waals surface area contributed by atoms with Gasteiger partial charge in [0.1, 0.15) is 5.82 Å². The van der Waals surface area contributed by atoms with Crippen LogP contribution in [-0.2, 0) is 7.05 Å². The normalized spacial score (nSPS) is 10.7. The second kappa shape index (κ2) is 6.60. The number of rotatable bonds is 2. The van der Waals surface area contributed by atoms with E-state index in [-0.39, 0.29) is 5.95 Å². The van der Waals surface area contributed by atoms with Crippen LogP contribution in [0.15, 0.2) is 47.3 Å². The molecule has 1 aromatic carbocycles. The van der Waals surface area contributed by atoms with Crippen molar-refractivity contribution in [3.05, 3.63) is 63.0 Å². The number of anilines is 1. The first-order valence-corrected chi connectivity index (χ1v) is 7.72. The van der Waals surface area contributed by atoms with Crippen LogP contribution in [0.4, 0.5) is 5.95 Å². The third-order valence-electron chi connectivity index (χ3n) is 3.54. The second-order valence-electron chi connectivity index (χ2n) is 5.06. The molecule has 1 heterocycles. The lowest BCUT2D eigenvalue weighted by Gasteiger charge is -2.10.